The average molecular weight is 159 g/mol. The fourth-order valence-corrected chi connectivity index (χ4v) is 0.955. The van der Waals surface area contributed by atoms with Crippen molar-refractivity contribution in [2.45, 2.75) is 6.42 Å². The van der Waals surface area contributed by atoms with Crippen LogP contribution in [-0.4, -0.2) is 0 Å². The van der Waals surface area contributed by atoms with Crippen LogP contribution in [0.4, 0.5) is 0 Å². The van der Waals surface area contributed by atoms with Gasteiger partial charge in [-0.15, -0.1) is 11.8 Å². The van der Waals surface area contributed by atoms with Crippen LogP contribution in [0, 0.1) is 11.5 Å². The molecule has 0 heterocycles. The molecule has 0 aliphatic heterocycles. The van der Waals surface area contributed by atoms with Crippen molar-refractivity contribution in [1.82, 2.24) is 0 Å². The minimum absolute atomic E-state index is 0.580. The molecule has 0 fully saturated rings. The van der Waals surface area contributed by atoms with Gasteiger partial charge in [0.2, 0.25) is 0 Å². The van der Waals surface area contributed by atoms with Gasteiger partial charge >= 0.3 is 0 Å². The van der Waals surface area contributed by atoms with Gasteiger partial charge in [0, 0.05) is 0 Å². The molecule has 60 valence electrons. The SMILES string of the molecule is C=CCc1cccc(OC#N)c1. The van der Waals surface area contributed by atoms with Gasteiger partial charge in [-0.05, 0) is 24.1 Å². The number of allylic oxidation sites excluding steroid dienone is 1. The van der Waals surface area contributed by atoms with Gasteiger partial charge in [-0.25, -0.2) is 0 Å². The molecule has 1 aromatic rings. The molecule has 2 heteroatoms. The lowest BCUT2D eigenvalue weighted by atomic mass is 10.1. The lowest BCUT2D eigenvalue weighted by Gasteiger charge is -1.98. The summed E-state index contributed by atoms with van der Waals surface area (Å²) in [5, 5.41) is 8.25. The molecule has 1 aromatic carbocycles. The number of nitriles is 1. The Morgan fingerprint density at radius 3 is 3.08 bits per heavy atom. The van der Waals surface area contributed by atoms with Gasteiger partial charge in [0.25, 0.3) is 6.26 Å². The monoisotopic (exact) mass is 159 g/mol. The smallest absolute Gasteiger partial charge is 0.292 e. The molecule has 0 spiro atoms. The first kappa shape index (κ1) is 8.35. The van der Waals surface area contributed by atoms with E-state index in [1.807, 2.05) is 24.3 Å². The summed E-state index contributed by atoms with van der Waals surface area (Å²) in [4.78, 5) is 0. The van der Waals surface area contributed by atoms with Crippen LogP contribution < -0.4 is 4.74 Å². The topological polar surface area (TPSA) is 33.0 Å². The Kier molecular flexibility index (Phi) is 2.92. The molecule has 0 radical (unpaired) electrons. The molecule has 0 amide bonds. The summed E-state index contributed by atoms with van der Waals surface area (Å²) in [6, 6.07) is 7.39. The lowest BCUT2D eigenvalue weighted by Crippen LogP contribution is -1.84. The van der Waals surface area contributed by atoms with Crippen LogP contribution in [0.25, 0.3) is 0 Å². The molecule has 0 aromatic heterocycles. The van der Waals surface area contributed by atoms with E-state index in [0.29, 0.717) is 5.75 Å². The number of nitrogens with zero attached hydrogens (tertiary/aromatic N) is 1. The molecule has 12 heavy (non-hydrogen) atoms. The molecule has 0 bridgehead atoms. The zero-order valence-electron chi connectivity index (χ0n) is 6.66. The highest BCUT2D eigenvalue weighted by molar-refractivity contribution is 5.30. The minimum Gasteiger partial charge on any atom is -0.388 e. The highest BCUT2D eigenvalue weighted by atomic mass is 16.5. The number of hydrogen-bond donors (Lipinski definition) is 0. The highest BCUT2D eigenvalue weighted by Gasteiger charge is 1.93. The Hall–Kier alpha value is -1.75. The molecule has 0 aliphatic carbocycles. The van der Waals surface area contributed by atoms with Crippen molar-refractivity contribution in [2.75, 3.05) is 0 Å². The summed E-state index contributed by atoms with van der Waals surface area (Å²) in [5.74, 6) is 0.580. The zero-order chi connectivity index (χ0) is 8.81. The molecule has 1 rings (SSSR count). The van der Waals surface area contributed by atoms with Gasteiger partial charge in [0.05, 0.1) is 0 Å². The van der Waals surface area contributed by atoms with Gasteiger partial charge in [-0.1, -0.05) is 18.2 Å². The quantitative estimate of drug-likeness (QED) is 0.500. The van der Waals surface area contributed by atoms with Crippen molar-refractivity contribution >= 4 is 0 Å². The Balaban J connectivity index is 2.81. The van der Waals surface area contributed by atoms with Crippen molar-refractivity contribution in [1.29, 1.82) is 5.26 Å². The van der Waals surface area contributed by atoms with Crippen LogP contribution in [0.2, 0.25) is 0 Å². The minimum atomic E-state index is 0.580. The van der Waals surface area contributed by atoms with E-state index in [1.54, 1.807) is 12.3 Å². The average Bonchev–Trinajstić information content (AvgIpc) is 2.06. The van der Waals surface area contributed by atoms with Crippen molar-refractivity contribution in [3.8, 4) is 12.0 Å². The van der Waals surface area contributed by atoms with Gasteiger partial charge in [-0.2, -0.15) is 0 Å². The van der Waals surface area contributed by atoms with Crippen molar-refractivity contribution in [3.05, 3.63) is 42.5 Å². The molecule has 0 saturated heterocycles. The van der Waals surface area contributed by atoms with E-state index in [9.17, 15) is 0 Å². The second-order valence-electron chi connectivity index (χ2n) is 2.33. The summed E-state index contributed by atoms with van der Waals surface area (Å²) in [5.41, 5.74) is 1.10. The van der Waals surface area contributed by atoms with Gasteiger partial charge < -0.3 is 4.74 Å². The summed E-state index contributed by atoms with van der Waals surface area (Å²) in [6.07, 6.45) is 4.23. The summed E-state index contributed by atoms with van der Waals surface area (Å²) >= 11 is 0. The second kappa shape index (κ2) is 4.20. The van der Waals surface area contributed by atoms with E-state index in [1.165, 1.54) is 0 Å². The number of ether oxygens (including phenoxy) is 1. The highest BCUT2D eigenvalue weighted by Crippen LogP contribution is 2.13. The summed E-state index contributed by atoms with van der Waals surface area (Å²) in [6.45, 7) is 3.63. The van der Waals surface area contributed by atoms with Gasteiger partial charge in [-0.3, -0.25) is 0 Å². The maximum atomic E-state index is 8.25. The van der Waals surface area contributed by atoms with Gasteiger partial charge in [0.1, 0.15) is 5.75 Å². The van der Waals surface area contributed by atoms with E-state index in [4.69, 9.17) is 5.26 Å². The summed E-state index contributed by atoms with van der Waals surface area (Å²) in [7, 11) is 0. The standard InChI is InChI=1S/C10H9NO/c1-2-4-9-5-3-6-10(7-9)12-8-11/h2-3,5-7H,1,4H2. The molecule has 0 N–H and O–H groups in total. The van der Waals surface area contributed by atoms with E-state index >= 15 is 0 Å². The molecule has 0 unspecified atom stereocenters. The fourth-order valence-electron chi connectivity index (χ4n) is 0.955. The second-order valence-corrected chi connectivity index (χ2v) is 2.33. The van der Waals surface area contributed by atoms with Crippen LogP contribution >= 0.6 is 0 Å². The molecule has 0 atom stereocenters. The first-order valence-electron chi connectivity index (χ1n) is 3.62. The van der Waals surface area contributed by atoms with Crippen LogP contribution in [0.15, 0.2) is 36.9 Å². The Morgan fingerprint density at radius 1 is 1.58 bits per heavy atom. The maximum Gasteiger partial charge on any atom is 0.292 e. The molecular formula is C10H9NO. The Morgan fingerprint density at radius 2 is 2.42 bits per heavy atom. The molecule has 2 nitrogen and oxygen atoms in total. The summed E-state index contributed by atoms with van der Waals surface area (Å²) < 4.78 is 4.66. The lowest BCUT2D eigenvalue weighted by molar-refractivity contribution is 0.506. The predicted octanol–water partition coefficient (Wildman–Crippen LogP) is 2.27. The van der Waals surface area contributed by atoms with Crippen LogP contribution in [0.1, 0.15) is 5.56 Å². The van der Waals surface area contributed by atoms with Crippen molar-refractivity contribution in [2.24, 2.45) is 0 Å². The van der Waals surface area contributed by atoms with E-state index in [-0.39, 0.29) is 0 Å². The van der Waals surface area contributed by atoms with Crippen LogP contribution in [0.5, 0.6) is 5.75 Å². The largest absolute Gasteiger partial charge is 0.388 e. The molecule has 0 saturated carbocycles. The first-order valence-corrected chi connectivity index (χ1v) is 3.62. The molecule has 0 aliphatic rings. The third-order valence-corrected chi connectivity index (χ3v) is 1.44. The van der Waals surface area contributed by atoms with E-state index in [0.717, 1.165) is 12.0 Å². The van der Waals surface area contributed by atoms with Crippen molar-refractivity contribution in [3.63, 3.8) is 0 Å². The Bertz CT molecular complexity index is 312. The normalized spacial score (nSPS) is 8.58. The number of rotatable bonds is 3. The van der Waals surface area contributed by atoms with E-state index in [2.05, 4.69) is 11.3 Å². The van der Waals surface area contributed by atoms with Gasteiger partial charge in [0.15, 0.2) is 0 Å². The number of benzene rings is 1. The zero-order valence-corrected chi connectivity index (χ0v) is 6.66. The van der Waals surface area contributed by atoms with Crippen LogP contribution in [-0.2, 0) is 6.42 Å². The fraction of sp³-hybridized carbons (Fsp3) is 0.100. The third kappa shape index (κ3) is 2.14. The number of hydrogen-bond acceptors (Lipinski definition) is 2. The molecular weight excluding hydrogens is 150 g/mol. The maximum absolute atomic E-state index is 8.25. The van der Waals surface area contributed by atoms with E-state index < -0.39 is 0 Å². The van der Waals surface area contributed by atoms with Crippen molar-refractivity contribution < 1.29 is 4.74 Å². The predicted molar refractivity (Wildman–Crippen MR) is 46.6 cm³/mol. The van der Waals surface area contributed by atoms with Crippen LogP contribution in [0.3, 0.4) is 0 Å². The Labute approximate surface area is 71.7 Å². The third-order valence-electron chi connectivity index (χ3n) is 1.44. The first-order chi connectivity index (χ1) is 5.86.